The highest BCUT2D eigenvalue weighted by atomic mass is 16.5. The van der Waals surface area contributed by atoms with Gasteiger partial charge in [0.15, 0.2) is 0 Å². The van der Waals surface area contributed by atoms with Gasteiger partial charge < -0.3 is 15.2 Å². The van der Waals surface area contributed by atoms with Crippen molar-refractivity contribution in [2.75, 3.05) is 13.2 Å². The Bertz CT molecular complexity index is 918. The van der Waals surface area contributed by atoms with Gasteiger partial charge in [-0.05, 0) is 74.6 Å². The minimum absolute atomic E-state index is 0.0767. The molecule has 2 aromatic rings. The average molecular weight is 453 g/mol. The molecule has 0 fully saturated rings. The highest BCUT2D eigenvalue weighted by Crippen LogP contribution is 2.32. The Kier molecular flexibility index (Phi) is 8.75. The van der Waals surface area contributed by atoms with Crippen LogP contribution in [-0.4, -0.2) is 35.8 Å². The lowest BCUT2D eigenvalue weighted by atomic mass is 9.88. The summed E-state index contributed by atoms with van der Waals surface area (Å²) in [6.45, 7) is 6.97. The topological polar surface area (TPSA) is 88.0 Å². The third kappa shape index (κ3) is 7.47. The summed E-state index contributed by atoms with van der Waals surface area (Å²) in [5, 5.41) is 15.8. The van der Waals surface area contributed by atoms with E-state index in [2.05, 4.69) is 48.6 Å². The van der Waals surface area contributed by atoms with Gasteiger partial charge in [0.05, 0.1) is 12.7 Å². The summed E-state index contributed by atoms with van der Waals surface area (Å²) >= 11 is 0. The van der Waals surface area contributed by atoms with Gasteiger partial charge in [0, 0.05) is 18.5 Å². The fraction of sp³-hybridized carbons (Fsp3) is 0.519. The summed E-state index contributed by atoms with van der Waals surface area (Å²) in [5.74, 6) is -0.218. The minimum Gasteiger partial charge on any atom is -0.481 e. The Morgan fingerprint density at radius 3 is 2.42 bits per heavy atom. The van der Waals surface area contributed by atoms with Crippen LogP contribution in [0.15, 0.2) is 53.7 Å². The number of ether oxygens (including phenoxy) is 1. The lowest BCUT2D eigenvalue weighted by Gasteiger charge is -2.30. The second-order valence-corrected chi connectivity index (χ2v) is 9.84. The molecule has 6 nitrogen and oxygen atoms in total. The van der Waals surface area contributed by atoms with Crippen molar-refractivity contribution in [3.8, 4) is 0 Å². The molecule has 6 heteroatoms. The molecule has 178 valence electrons. The first-order valence-electron chi connectivity index (χ1n) is 11.8. The van der Waals surface area contributed by atoms with E-state index in [1.807, 2.05) is 31.2 Å². The smallest absolute Gasteiger partial charge is 0.303 e. The Morgan fingerprint density at radius 1 is 1.15 bits per heavy atom. The summed E-state index contributed by atoms with van der Waals surface area (Å²) in [7, 11) is 0. The predicted molar refractivity (Wildman–Crippen MR) is 130 cm³/mol. The number of hydrogen-bond donors (Lipinski definition) is 2. The molecular formula is C27H36N2O4. The van der Waals surface area contributed by atoms with Gasteiger partial charge in [-0.3, -0.25) is 4.79 Å². The number of aliphatic carboxylic acids is 1. The van der Waals surface area contributed by atoms with Crippen LogP contribution in [0.1, 0.15) is 62.0 Å². The lowest BCUT2D eigenvalue weighted by molar-refractivity contribution is -0.136. The molecule has 0 aliphatic heterocycles. The molecule has 2 atom stereocenters. The third-order valence-corrected chi connectivity index (χ3v) is 6.54. The second kappa shape index (κ2) is 11.5. The highest BCUT2D eigenvalue weighted by molar-refractivity contribution is 5.67. The van der Waals surface area contributed by atoms with Crippen LogP contribution in [0.25, 0.3) is 0 Å². The number of nitroso groups, excluding NO2 is 1. The maximum Gasteiger partial charge on any atom is 0.303 e. The van der Waals surface area contributed by atoms with E-state index in [1.54, 1.807) is 0 Å². The van der Waals surface area contributed by atoms with Crippen LogP contribution >= 0.6 is 0 Å². The molecule has 0 radical (unpaired) electrons. The van der Waals surface area contributed by atoms with E-state index in [9.17, 15) is 9.70 Å². The van der Waals surface area contributed by atoms with Crippen LogP contribution in [0.5, 0.6) is 0 Å². The number of carboxylic acids is 1. The molecule has 2 aromatic carbocycles. The SMILES string of the molecule is C[C@@H](OC[C@@H](CNC(C)(C)CC1Cc2ccccc2C1)N=O)c1ccccc1CCC(=O)O. The first-order valence-corrected chi connectivity index (χ1v) is 11.8. The lowest BCUT2D eigenvalue weighted by Crippen LogP contribution is -2.45. The zero-order valence-corrected chi connectivity index (χ0v) is 19.9. The van der Waals surface area contributed by atoms with Gasteiger partial charge in [0.25, 0.3) is 0 Å². The molecule has 1 aliphatic rings. The van der Waals surface area contributed by atoms with Gasteiger partial charge in [-0.2, -0.15) is 4.91 Å². The molecule has 0 unspecified atom stereocenters. The molecule has 0 amide bonds. The molecule has 3 rings (SSSR count). The average Bonchev–Trinajstić information content (AvgIpc) is 3.19. The zero-order valence-electron chi connectivity index (χ0n) is 19.9. The van der Waals surface area contributed by atoms with Crippen molar-refractivity contribution in [2.45, 2.75) is 70.6 Å². The third-order valence-electron chi connectivity index (χ3n) is 6.54. The standard InChI is InChI=1S/C27H36N2O4/c1-19(25-11-7-6-8-21(25)12-13-26(30)31)33-18-24(29-32)17-28-27(2,3)16-20-14-22-9-4-5-10-23(22)15-20/h4-11,19-20,24,28H,12-18H2,1-3H3,(H,30,31)/t19-,24-/m1/s1. The Morgan fingerprint density at radius 2 is 1.79 bits per heavy atom. The Balaban J connectivity index is 1.47. The number of benzene rings is 2. The monoisotopic (exact) mass is 452 g/mol. The molecule has 0 aromatic heterocycles. The van der Waals surface area contributed by atoms with Crippen molar-refractivity contribution >= 4 is 5.97 Å². The molecule has 33 heavy (non-hydrogen) atoms. The summed E-state index contributed by atoms with van der Waals surface area (Å²) in [6, 6.07) is 15.9. The van der Waals surface area contributed by atoms with Gasteiger partial charge in [-0.1, -0.05) is 53.7 Å². The summed E-state index contributed by atoms with van der Waals surface area (Å²) in [4.78, 5) is 22.4. The molecule has 1 aliphatic carbocycles. The maximum absolute atomic E-state index is 11.5. The van der Waals surface area contributed by atoms with E-state index in [-0.39, 0.29) is 24.7 Å². The van der Waals surface area contributed by atoms with Crippen molar-refractivity contribution in [1.82, 2.24) is 5.32 Å². The fourth-order valence-corrected chi connectivity index (χ4v) is 4.85. The van der Waals surface area contributed by atoms with E-state index in [0.29, 0.717) is 18.9 Å². The summed E-state index contributed by atoms with van der Waals surface area (Å²) < 4.78 is 5.99. The van der Waals surface area contributed by atoms with E-state index >= 15 is 0 Å². The van der Waals surface area contributed by atoms with Crippen LogP contribution in [0, 0.1) is 10.8 Å². The maximum atomic E-state index is 11.5. The fourth-order valence-electron chi connectivity index (χ4n) is 4.85. The van der Waals surface area contributed by atoms with Crippen LogP contribution in [0.2, 0.25) is 0 Å². The number of hydrogen-bond acceptors (Lipinski definition) is 5. The minimum atomic E-state index is -0.821. The number of nitrogens with one attached hydrogen (secondary N) is 1. The molecule has 0 saturated heterocycles. The molecule has 0 bridgehead atoms. The first kappa shape index (κ1) is 25.1. The largest absolute Gasteiger partial charge is 0.481 e. The van der Waals surface area contributed by atoms with Crippen molar-refractivity contribution in [2.24, 2.45) is 11.1 Å². The van der Waals surface area contributed by atoms with Crippen molar-refractivity contribution in [3.05, 3.63) is 75.7 Å². The Hall–Kier alpha value is -2.57. The number of carboxylic acid groups (broad SMARTS) is 1. The molecule has 0 spiro atoms. The van der Waals surface area contributed by atoms with Gasteiger partial charge in [0.2, 0.25) is 0 Å². The van der Waals surface area contributed by atoms with E-state index in [0.717, 1.165) is 30.4 Å². The van der Waals surface area contributed by atoms with Crippen LogP contribution < -0.4 is 5.32 Å². The molecule has 0 saturated carbocycles. The van der Waals surface area contributed by atoms with Crippen LogP contribution in [0.3, 0.4) is 0 Å². The van der Waals surface area contributed by atoms with E-state index in [4.69, 9.17) is 9.84 Å². The summed E-state index contributed by atoms with van der Waals surface area (Å²) in [6.07, 6.45) is 3.53. The molecule has 0 heterocycles. The number of aryl methyl sites for hydroxylation is 1. The quantitative estimate of drug-likeness (QED) is 0.413. The first-order chi connectivity index (χ1) is 15.8. The second-order valence-electron chi connectivity index (χ2n) is 9.84. The molecular weight excluding hydrogens is 416 g/mol. The number of rotatable bonds is 13. The van der Waals surface area contributed by atoms with E-state index < -0.39 is 12.0 Å². The van der Waals surface area contributed by atoms with E-state index in [1.165, 1.54) is 11.1 Å². The van der Waals surface area contributed by atoms with Gasteiger partial charge >= 0.3 is 5.97 Å². The van der Waals surface area contributed by atoms with Gasteiger partial charge in [-0.25, -0.2) is 0 Å². The number of carbonyl (C=O) groups is 1. The Labute approximate surface area is 196 Å². The predicted octanol–water partition coefficient (Wildman–Crippen LogP) is 5.09. The van der Waals surface area contributed by atoms with Gasteiger partial charge in [-0.15, -0.1) is 0 Å². The van der Waals surface area contributed by atoms with Gasteiger partial charge in [0.1, 0.15) is 6.04 Å². The number of nitrogens with zero attached hydrogens (tertiary/aromatic N) is 1. The van der Waals surface area contributed by atoms with Crippen molar-refractivity contribution < 1.29 is 14.6 Å². The highest BCUT2D eigenvalue weighted by Gasteiger charge is 2.28. The van der Waals surface area contributed by atoms with Crippen molar-refractivity contribution in [3.63, 3.8) is 0 Å². The van der Waals surface area contributed by atoms with Crippen LogP contribution in [0.4, 0.5) is 0 Å². The normalized spacial score (nSPS) is 15.7. The van der Waals surface area contributed by atoms with Crippen molar-refractivity contribution in [1.29, 1.82) is 0 Å². The molecule has 2 N–H and O–H groups in total. The summed E-state index contributed by atoms with van der Waals surface area (Å²) in [5.41, 5.74) is 4.72. The number of fused-ring (bicyclic) bond motifs is 1. The zero-order chi connectivity index (χ0) is 23.8. The van der Waals surface area contributed by atoms with Crippen LogP contribution in [-0.2, 0) is 28.8 Å².